The molecule has 0 unspecified atom stereocenters. The van der Waals surface area contributed by atoms with E-state index >= 15 is 0 Å². The SMILES string of the molecule is CON(C)S(=O)(=O)c1ccc(NC(=O)c2nn(-c3cccc(C(F)(F)F)c3)c(C)cc2=O)cc1. The van der Waals surface area contributed by atoms with Crippen molar-refractivity contribution in [1.82, 2.24) is 14.2 Å². The van der Waals surface area contributed by atoms with Gasteiger partial charge in [-0.1, -0.05) is 10.5 Å². The summed E-state index contributed by atoms with van der Waals surface area (Å²) < 4.78 is 65.4. The van der Waals surface area contributed by atoms with E-state index in [1.807, 2.05) is 0 Å². The molecule has 0 spiro atoms. The molecule has 0 aliphatic heterocycles. The molecule has 0 radical (unpaired) electrons. The van der Waals surface area contributed by atoms with Gasteiger partial charge in [0.25, 0.3) is 15.9 Å². The molecule has 0 fully saturated rings. The Bertz CT molecular complexity index is 1390. The molecule has 34 heavy (non-hydrogen) atoms. The first-order valence-corrected chi connectivity index (χ1v) is 11.0. The van der Waals surface area contributed by atoms with Crippen molar-refractivity contribution in [2.24, 2.45) is 0 Å². The van der Waals surface area contributed by atoms with Crippen molar-refractivity contribution >= 4 is 21.6 Å². The van der Waals surface area contributed by atoms with Crippen LogP contribution in [0.4, 0.5) is 18.9 Å². The third-order valence-corrected chi connectivity index (χ3v) is 6.44. The first kappa shape index (κ1) is 25.1. The fraction of sp³-hybridized carbons (Fsp3) is 0.190. The molecule has 0 aliphatic rings. The van der Waals surface area contributed by atoms with E-state index in [1.54, 1.807) is 0 Å². The molecule has 1 amide bonds. The van der Waals surface area contributed by atoms with Crippen molar-refractivity contribution in [3.8, 4) is 5.69 Å². The van der Waals surface area contributed by atoms with Crippen LogP contribution in [-0.4, -0.2) is 42.7 Å². The Hall–Kier alpha value is -3.55. The first-order valence-electron chi connectivity index (χ1n) is 9.57. The van der Waals surface area contributed by atoms with Gasteiger partial charge in [-0.05, 0) is 49.4 Å². The summed E-state index contributed by atoms with van der Waals surface area (Å²) in [6.45, 7) is 1.46. The van der Waals surface area contributed by atoms with Gasteiger partial charge >= 0.3 is 6.18 Å². The van der Waals surface area contributed by atoms with Crippen molar-refractivity contribution in [3.05, 3.63) is 81.8 Å². The van der Waals surface area contributed by atoms with E-state index in [4.69, 9.17) is 0 Å². The van der Waals surface area contributed by atoms with Crippen LogP contribution in [-0.2, 0) is 21.0 Å². The largest absolute Gasteiger partial charge is 0.416 e. The lowest BCUT2D eigenvalue weighted by Gasteiger charge is -2.15. The van der Waals surface area contributed by atoms with E-state index in [0.29, 0.717) is 4.47 Å². The van der Waals surface area contributed by atoms with Gasteiger partial charge in [0.15, 0.2) is 5.69 Å². The van der Waals surface area contributed by atoms with E-state index < -0.39 is 38.8 Å². The van der Waals surface area contributed by atoms with Crippen LogP contribution in [0.1, 0.15) is 21.7 Å². The molecule has 1 heterocycles. The lowest BCUT2D eigenvalue weighted by Crippen LogP contribution is -2.27. The predicted molar refractivity (Wildman–Crippen MR) is 116 cm³/mol. The number of hydrogen-bond acceptors (Lipinski definition) is 6. The van der Waals surface area contributed by atoms with Gasteiger partial charge in [-0.15, -0.1) is 0 Å². The number of nitrogens with zero attached hydrogens (tertiary/aromatic N) is 3. The Morgan fingerprint density at radius 2 is 1.76 bits per heavy atom. The smallest absolute Gasteiger partial charge is 0.320 e. The second kappa shape index (κ2) is 9.37. The molecule has 3 rings (SSSR count). The highest BCUT2D eigenvalue weighted by Gasteiger charge is 2.30. The molecular weight excluding hydrogens is 477 g/mol. The van der Waals surface area contributed by atoms with E-state index in [-0.39, 0.29) is 22.0 Å². The summed E-state index contributed by atoms with van der Waals surface area (Å²) in [6.07, 6.45) is -4.58. The average Bonchev–Trinajstić information content (AvgIpc) is 2.78. The lowest BCUT2D eigenvalue weighted by atomic mass is 10.2. The summed E-state index contributed by atoms with van der Waals surface area (Å²) in [7, 11) is -1.50. The third kappa shape index (κ3) is 5.16. The van der Waals surface area contributed by atoms with Gasteiger partial charge in [0.1, 0.15) is 0 Å². The number of aromatic nitrogens is 2. The number of benzene rings is 2. The number of alkyl halides is 3. The van der Waals surface area contributed by atoms with Crippen molar-refractivity contribution in [3.63, 3.8) is 0 Å². The second-order valence-corrected chi connectivity index (χ2v) is 8.97. The van der Waals surface area contributed by atoms with Gasteiger partial charge in [-0.25, -0.2) is 13.1 Å². The summed E-state index contributed by atoms with van der Waals surface area (Å²) in [6, 6.07) is 10.4. The maximum absolute atomic E-state index is 13.1. The molecule has 0 atom stereocenters. The number of aryl methyl sites for hydroxylation is 1. The summed E-state index contributed by atoms with van der Waals surface area (Å²) in [5, 5.41) is 6.38. The summed E-state index contributed by atoms with van der Waals surface area (Å²) >= 11 is 0. The number of anilines is 1. The summed E-state index contributed by atoms with van der Waals surface area (Å²) in [5.74, 6) is -0.921. The Morgan fingerprint density at radius 1 is 1.12 bits per heavy atom. The Balaban J connectivity index is 1.91. The van der Waals surface area contributed by atoms with Crippen molar-refractivity contribution in [1.29, 1.82) is 0 Å². The Labute approximate surface area is 192 Å². The molecule has 9 nitrogen and oxygen atoms in total. The van der Waals surface area contributed by atoms with Gasteiger partial charge in [0.2, 0.25) is 5.43 Å². The van der Waals surface area contributed by atoms with Gasteiger partial charge in [-0.3, -0.25) is 14.4 Å². The molecule has 0 saturated heterocycles. The van der Waals surface area contributed by atoms with Gasteiger partial charge in [0.05, 0.1) is 23.3 Å². The number of hydroxylamine groups is 1. The number of amides is 1. The normalized spacial score (nSPS) is 12.1. The monoisotopic (exact) mass is 496 g/mol. The van der Waals surface area contributed by atoms with Gasteiger partial charge < -0.3 is 5.32 Å². The minimum absolute atomic E-state index is 0.0122. The molecule has 1 aromatic heterocycles. The number of hydrogen-bond donors (Lipinski definition) is 1. The number of halogens is 3. The highest BCUT2D eigenvalue weighted by molar-refractivity contribution is 7.89. The molecule has 1 N–H and O–H groups in total. The second-order valence-electron chi connectivity index (χ2n) is 7.03. The molecule has 0 aliphatic carbocycles. The number of nitrogens with one attached hydrogen (secondary N) is 1. The number of rotatable bonds is 6. The minimum Gasteiger partial charge on any atom is -0.320 e. The minimum atomic E-state index is -4.58. The van der Waals surface area contributed by atoms with Crippen molar-refractivity contribution in [2.75, 3.05) is 19.5 Å². The van der Waals surface area contributed by atoms with E-state index in [9.17, 15) is 31.2 Å². The van der Waals surface area contributed by atoms with Crippen LogP contribution in [0.15, 0.2) is 64.3 Å². The molecule has 180 valence electrons. The number of carbonyl (C=O) groups is 1. The van der Waals surface area contributed by atoms with Crippen LogP contribution in [0.3, 0.4) is 0 Å². The van der Waals surface area contributed by atoms with E-state index in [1.165, 1.54) is 57.5 Å². The maximum Gasteiger partial charge on any atom is 0.416 e. The zero-order chi connectivity index (χ0) is 25.3. The van der Waals surface area contributed by atoms with Crippen LogP contribution < -0.4 is 10.7 Å². The quantitative estimate of drug-likeness (QED) is 0.526. The molecule has 3 aromatic rings. The Morgan fingerprint density at radius 3 is 2.35 bits per heavy atom. The number of sulfonamides is 1. The molecular formula is C21H19F3N4O5S. The zero-order valence-electron chi connectivity index (χ0n) is 18.1. The molecule has 2 aromatic carbocycles. The summed E-state index contributed by atoms with van der Waals surface area (Å²) in [5.41, 5.74) is -1.81. The average molecular weight is 496 g/mol. The Kier molecular flexibility index (Phi) is 6.91. The fourth-order valence-electron chi connectivity index (χ4n) is 2.93. The maximum atomic E-state index is 13.1. The van der Waals surface area contributed by atoms with Crippen LogP contribution >= 0.6 is 0 Å². The van der Waals surface area contributed by atoms with Crippen molar-refractivity contribution < 1.29 is 31.2 Å². The fourth-order valence-corrected chi connectivity index (χ4v) is 3.90. The van der Waals surface area contributed by atoms with E-state index in [2.05, 4.69) is 15.3 Å². The first-order chi connectivity index (χ1) is 15.8. The molecule has 13 heteroatoms. The van der Waals surface area contributed by atoms with Gasteiger partial charge in [-0.2, -0.15) is 18.3 Å². The number of carbonyl (C=O) groups excluding carboxylic acids is 1. The molecule has 0 saturated carbocycles. The van der Waals surface area contributed by atoms with Crippen LogP contribution in [0.2, 0.25) is 0 Å². The lowest BCUT2D eigenvalue weighted by molar-refractivity contribution is -0.137. The predicted octanol–water partition coefficient (Wildman–Crippen LogP) is 2.99. The zero-order valence-corrected chi connectivity index (χ0v) is 18.9. The summed E-state index contributed by atoms with van der Waals surface area (Å²) in [4.78, 5) is 29.6. The standard InChI is InChI=1S/C21H19F3N4O5S/c1-13-11-18(29)19(26-28(13)16-6-4-5-14(12-16)21(22,23)24)20(30)25-15-7-9-17(10-8-15)34(31,32)27(2)33-3/h4-12H,1-3H3,(H,25,30). The van der Waals surface area contributed by atoms with Crippen LogP contribution in [0.25, 0.3) is 5.69 Å². The topological polar surface area (TPSA) is 111 Å². The van der Waals surface area contributed by atoms with E-state index in [0.717, 1.165) is 22.9 Å². The van der Waals surface area contributed by atoms with Gasteiger partial charge in [0, 0.05) is 24.5 Å². The highest BCUT2D eigenvalue weighted by atomic mass is 32.2. The highest BCUT2D eigenvalue weighted by Crippen LogP contribution is 2.30. The molecule has 0 bridgehead atoms. The van der Waals surface area contributed by atoms with Crippen LogP contribution in [0, 0.1) is 6.92 Å². The van der Waals surface area contributed by atoms with Crippen molar-refractivity contribution in [2.45, 2.75) is 18.0 Å². The third-order valence-electron chi connectivity index (χ3n) is 4.75. The van der Waals surface area contributed by atoms with Crippen LogP contribution in [0.5, 0.6) is 0 Å².